The number of carbonyl (C=O) groups excluding carboxylic acids is 1. The molecule has 1 aliphatic heterocycles. The predicted octanol–water partition coefficient (Wildman–Crippen LogP) is 0.744. The number of aromatic nitrogens is 1. The zero-order chi connectivity index (χ0) is 13.1. The Morgan fingerprint density at radius 3 is 3.06 bits per heavy atom. The molecule has 0 aliphatic carbocycles. The van der Waals surface area contributed by atoms with Gasteiger partial charge in [-0.15, -0.1) is 0 Å². The van der Waals surface area contributed by atoms with Crippen LogP contribution in [-0.2, 0) is 0 Å². The minimum atomic E-state index is -0.100. The van der Waals surface area contributed by atoms with E-state index in [2.05, 4.69) is 9.88 Å². The summed E-state index contributed by atoms with van der Waals surface area (Å²) in [6, 6.07) is 3.85. The fourth-order valence-corrected chi connectivity index (χ4v) is 2.31. The topological polar surface area (TPSA) is 56.7 Å². The number of hydrogen-bond acceptors (Lipinski definition) is 4. The average Bonchev–Trinajstić information content (AvgIpc) is 2.86. The van der Waals surface area contributed by atoms with Crippen LogP contribution in [0.5, 0.6) is 0 Å². The Kier molecular flexibility index (Phi) is 3.81. The predicted molar refractivity (Wildman–Crippen MR) is 69.7 cm³/mol. The van der Waals surface area contributed by atoms with Crippen LogP contribution in [0.4, 0.5) is 5.69 Å². The van der Waals surface area contributed by atoms with Gasteiger partial charge < -0.3 is 14.9 Å². The lowest BCUT2D eigenvalue weighted by atomic mass is 10.2. The SMILES string of the molecule is CN(C)C(=O)c1cc(N2CCCC2CO)ccn1. The minimum absolute atomic E-state index is 0.100. The quantitative estimate of drug-likeness (QED) is 0.858. The molecule has 2 heterocycles. The van der Waals surface area contributed by atoms with E-state index in [1.807, 2.05) is 6.07 Å². The number of nitrogens with zero attached hydrogens (tertiary/aromatic N) is 3. The molecular formula is C13H19N3O2. The molecule has 1 atom stereocenters. The Morgan fingerprint density at radius 1 is 1.61 bits per heavy atom. The highest BCUT2D eigenvalue weighted by molar-refractivity contribution is 5.92. The second kappa shape index (κ2) is 5.35. The summed E-state index contributed by atoms with van der Waals surface area (Å²) < 4.78 is 0. The summed E-state index contributed by atoms with van der Waals surface area (Å²) >= 11 is 0. The summed E-state index contributed by atoms with van der Waals surface area (Å²) in [5.41, 5.74) is 1.41. The molecule has 0 aromatic carbocycles. The highest BCUT2D eigenvalue weighted by atomic mass is 16.3. The Morgan fingerprint density at radius 2 is 2.39 bits per heavy atom. The molecule has 2 rings (SSSR count). The van der Waals surface area contributed by atoms with Crippen LogP contribution in [0.3, 0.4) is 0 Å². The lowest BCUT2D eigenvalue weighted by Crippen LogP contribution is -2.32. The van der Waals surface area contributed by atoms with Gasteiger partial charge in [0.2, 0.25) is 0 Å². The zero-order valence-corrected chi connectivity index (χ0v) is 10.8. The van der Waals surface area contributed by atoms with Crippen molar-refractivity contribution in [3.8, 4) is 0 Å². The number of rotatable bonds is 3. The molecule has 1 fully saturated rings. The summed E-state index contributed by atoms with van der Waals surface area (Å²) in [4.78, 5) is 19.6. The van der Waals surface area contributed by atoms with Gasteiger partial charge in [-0.05, 0) is 25.0 Å². The molecule has 0 bridgehead atoms. The van der Waals surface area contributed by atoms with E-state index in [0.717, 1.165) is 25.1 Å². The first kappa shape index (κ1) is 12.8. The second-order valence-corrected chi connectivity index (χ2v) is 4.77. The molecule has 0 radical (unpaired) electrons. The number of pyridine rings is 1. The molecule has 0 saturated carbocycles. The fraction of sp³-hybridized carbons (Fsp3) is 0.538. The van der Waals surface area contributed by atoms with Gasteiger partial charge in [-0.3, -0.25) is 9.78 Å². The van der Waals surface area contributed by atoms with Crippen LogP contribution in [0.25, 0.3) is 0 Å². The first-order valence-corrected chi connectivity index (χ1v) is 6.18. The molecule has 1 amide bonds. The van der Waals surface area contributed by atoms with Crippen molar-refractivity contribution in [2.24, 2.45) is 0 Å². The first-order chi connectivity index (χ1) is 8.63. The van der Waals surface area contributed by atoms with Gasteiger partial charge in [0, 0.05) is 32.5 Å². The molecule has 1 aliphatic rings. The number of aliphatic hydroxyl groups excluding tert-OH is 1. The molecule has 1 saturated heterocycles. The Hall–Kier alpha value is -1.62. The van der Waals surface area contributed by atoms with Crippen LogP contribution in [0.1, 0.15) is 23.3 Å². The van der Waals surface area contributed by atoms with E-state index in [1.165, 1.54) is 4.90 Å². The van der Waals surface area contributed by atoms with Crippen molar-refractivity contribution in [2.75, 3.05) is 32.1 Å². The summed E-state index contributed by atoms with van der Waals surface area (Å²) in [6.45, 7) is 1.07. The number of aliphatic hydroxyl groups is 1. The minimum Gasteiger partial charge on any atom is -0.394 e. The van der Waals surface area contributed by atoms with Gasteiger partial charge in [0.05, 0.1) is 12.6 Å². The van der Waals surface area contributed by atoms with Gasteiger partial charge in [-0.25, -0.2) is 0 Å². The van der Waals surface area contributed by atoms with E-state index in [-0.39, 0.29) is 18.6 Å². The van der Waals surface area contributed by atoms with E-state index in [9.17, 15) is 9.90 Å². The molecular weight excluding hydrogens is 230 g/mol. The maximum absolute atomic E-state index is 11.9. The Bertz CT molecular complexity index is 434. The smallest absolute Gasteiger partial charge is 0.272 e. The maximum atomic E-state index is 11.9. The highest BCUT2D eigenvalue weighted by Gasteiger charge is 2.24. The molecule has 5 nitrogen and oxygen atoms in total. The molecule has 98 valence electrons. The lowest BCUT2D eigenvalue weighted by Gasteiger charge is -2.25. The van der Waals surface area contributed by atoms with Crippen molar-refractivity contribution in [3.05, 3.63) is 24.0 Å². The molecule has 1 N–H and O–H groups in total. The third-order valence-electron chi connectivity index (χ3n) is 3.29. The van der Waals surface area contributed by atoms with Crippen LogP contribution in [0, 0.1) is 0 Å². The van der Waals surface area contributed by atoms with E-state index in [4.69, 9.17) is 0 Å². The van der Waals surface area contributed by atoms with Crippen molar-refractivity contribution in [1.29, 1.82) is 0 Å². The summed E-state index contributed by atoms with van der Waals surface area (Å²) in [5.74, 6) is -0.100. The fourth-order valence-electron chi connectivity index (χ4n) is 2.31. The van der Waals surface area contributed by atoms with Crippen LogP contribution in [0.15, 0.2) is 18.3 Å². The first-order valence-electron chi connectivity index (χ1n) is 6.18. The third kappa shape index (κ3) is 2.46. The van der Waals surface area contributed by atoms with E-state index in [1.54, 1.807) is 26.4 Å². The zero-order valence-electron chi connectivity index (χ0n) is 10.8. The van der Waals surface area contributed by atoms with E-state index >= 15 is 0 Å². The third-order valence-corrected chi connectivity index (χ3v) is 3.29. The normalized spacial score (nSPS) is 19.1. The van der Waals surface area contributed by atoms with Crippen LogP contribution in [0.2, 0.25) is 0 Å². The van der Waals surface area contributed by atoms with Crippen molar-refractivity contribution in [1.82, 2.24) is 9.88 Å². The molecule has 1 unspecified atom stereocenters. The van der Waals surface area contributed by atoms with E-state index in [0.29, 0.717) is 5.69 Å². The largest absolute Gasteiger partial charge is 0.394 e. The monoisotopic (exact) mass is 249 g/mol. The summed E-state index contributed by atoms with van der Waals surface area (Å²) in [6.07, 6.45) is 3.72. The summed E-state index contributed by atoms with van der Waals surface area (Å²) in [5, 5.41) is 9.33. The molecule has 5 heteroatoms. The van der Waals surface area contributed by atoms with Gasteiger partial charge in [0.25, 0.3) is 5.91 Å². The Labute approximate surface area is 107 Å². The number of anilines is 1. The van der Waals surface area contributed by atoms with Crippen molar-refractivity contribution >= 4 is 11.6 Å². The number of carbonyl (C=O) groups is 1. The molecule has 1 aromatic rings. The molecule has 0 spiro atoms. The van der Waals surface area contributed by atoms with Crippen molar-refractivity contribution in [2.45, 2.75) is 18.9 Å². The van der Waals surface area contributed by atoms with Gasteiger partial charge in [-0.2, -0.15) is 0 Å². The van der Waals surface area contributed by atoms with Gasteiger partial charge in [-0.1, -0.05) is 0 Å². The van der Waals surface area contributed by atoms with Crippen molar-refractivity contribution in [3.63, 3.8) is 0 Å². The van der Waals surface area contributed by atoms with Gasteiger partial charge in [0.15, 0.2) is 0 Å². The molecule has 18 heavy (non-hydrogen) atoms. The highest BCUT2D eigenvalue weighted by Crippen LogP contribution is 2.25. The summed E-state index contributed by atoms with van der Waals surface area (Å²) in [7, 11) is 3.42. The number of hydrogen-bond donors (Lipinski definition) is 1. The Balaban J connectivity index is 2.24. The van der Waals surface area contributed by atoms with E-state index < -0.39 is 0 Å². The maximum Gasteiger partial charge on any atom is 0.272 e. The lowest BCUT2D eigenvalue weighted by molar-refractivity contribution is 0.0822. The number of amides is 1. The average molecular weight is 249 g/mol. The van der Waals surface area contributed by atoms with Crippen LogP contribution < -0.4 is 4.90 Å². The standard InChI is InChI=1S/C13H19N3O2/c1-15(2)13(18)12-8-10(5-6-14-12)16-7-3-4-11(16)9-17/h5-6,8,11,17H,3-4,7,9H2,1-2H3. The van der Waals surface area contributed by atoms with Crippen LogP contribution >= 0.6 is 0 Å². The van der Waals surface area contributed by atoms with Crippen molar-refractivity contribution < 1.29 is 9.90 Å². The second-order valence-electron chi connectivity index (χ2n) is 4.77. The van der Waals surface area contributed by atoms with Gasteiger partial charge in [0.1, 0.15) is 5.69 Å². The van der Waals surface area contributed by atoms with Crippen LogP contribution in [-0.4, -0.2) is 54.2 Å². The van der Waals surface area contributed by atoms with Gasteiger partial charge >= 0.3 is 0 Å². The molecule has 1 aromatic heterocycles.